The fraction of sp³-hybridized carbons (Fsp3) is 0.983. The highest BCUT2D eigenvalue weighted by atomic mass is 31.2. The molecule has 0 heterocycles. The smallest absolute Gasteiger partial charge is 0.457 e. The number of unbranched alkanes of at least 4 members (excludes halogenated alkanes) is 48. The molecule has 3 N–H and O–H groups in total. The summed E-state index contributed by atoms with van der Waals surface area (Å²) < 4.78 is 33.7. The van der Waals surface area contributed by atoms with E-state index >= 15 is 0 Å². The molecule has 0 aliphatic heterocycles. The minimum absolute atomic E-state index is 0.0896. The monoisotopic (exact) mass is 1000 g/mol. The normalized spacial score (nSPS) is 13.0. The van der Waals surface area contributed by atoms with Crippen LogP contribution in [0.5, 0.6) is 0 Å². The predicted molar refractivity (Wildman–Crippen MR) is 298 cm³/mol. The summed E-state index contributed by atoms with van der Waals surface area (Å²) in [6, 6.07) is 0. The molecule has 0 aliphatic rings. The van der Waals surface area contributed by atoms with Gasteiger partial charge in [-0.05, 0) is 12.8 Å². The van der Waals surface area contributed by atoms with E-state index in [0.717, 1.165) is 32.1 Å². The van der Waals surface area contributed by atoms with Gasteiger partial charge in [-0.1, -0.05) is 322 Å². The van der Waals surface area contributed by atoms with Crippen LogP contribution in [0.4, 0.5) is 0 Å². The van der Waals surface area contributed by atoms with Crippen LogP contribution in [0.2, 0.25) is 0 Å². The third kappa shape index (κ3) is 58.3. The zero-order valence-electron chi connectivity index (χ0n) is 46.6. The van der Waals surface area contributed by atoms with E-state index in [0.29, 0.717) is 13.0 Å². The van der Waals surface area contributed by atoms with Gasteiger partial charge in [0.2, 0.25) is 0 Å². The fourth-order valence-corrected chi connectivity index (χ4v) is 10.5. The van der Waals surface area contributed by atoms with Gasteiger partial charge >= 0.3 is 13.8 Å². The molecule has 0 bridgehead atoms. The molecule has 0 aromatic heterocycles. The topological polar surface area (TPSA) is 117 Å². The lowest BCUT2D eigenvalue weighted by atomic mass is 10.0. The zero-order chi connectivity index (χ0) is 50.1. The second-order valence-corrected chi connectivity index (χ2v) is 22.7. The van der Waals surface area contributed by atoms with Crippen molar-refractivity contribution in [3.63, 3.8) is 0 Å². The third-order valence-electron chi connectivity index (χ3n) is 14.3. The van der Waals surface area contributed by atoms with Crippen molar-refractivity contribution < 1.29 is 32.8 Å². The number of carbonyl (C=O) groups excluding carboxylic acids is 1. The van der Waals surface area contributed by atoms with Crippen LogP contribution in [0.3, 0.4) is 0 Å². The van der Waals surface area contributed by atoms with Gasteiger partial charge in [0.1, 0.15) is 6.10 Å². The van der Waals surface area contributed by atoms with E-state index in [9.17, 15) is 14.3 Å². The Balaban J connectivity index is 3.69. The van der Waals surface area contributed by atoms with Gasteiger partial charge in [-0.2, -0.15) is 0 Å². The molecule has 0 aromatic carbocycles. The average Bonchev–Trinajstić information content (AvgIpc) is 3.34. The van der Waals surface area contributed by atoms with Crippen LogP contribution in [-0.2, 0) is 27.9 Å². The summed E-state index contributed by atoms with van der Waals surface area (Å²) in [5.74, 6) is -0.318. The number of hydrogen-bond donors (Lipinski definition) is 2. The summed E-state index contributed by atoms with van der Waals surface area (Å²) in [6.07, 6.45) is 67.6. The molecule has 0 saturated heterocycles. The summed E-state index contributed by atoms with van der Waals surface area (Å²) in [5.41, 5.74) is 5.40. The van der Waals surface area contributed by atoms with Gasteiger partial charge in [0.15, 0.2) is 0 Å². The van der Waals surface area contributed by atoms with Gasteiger partial charge in [0, 0.05) is 19.6 Å². The number of nitrogens with two attached hydrogens (primary N) is 1. The van der Waals surface area contributed by atoms with E-state index in [2.05, 4.69) is 13.8 Å². The number of rotatable bonds is 61. The SMILES string of the molecule is CCCCCCCCCCCCCCCCCCCCCCCCCCCCCCCCCCCCC(=O)O[C@H](COCCCCCCCCCCCCCCCCCC)COP(=O)(O)OCCN. The van der Waals surface area contributed by atoms with Crippen LogP contribution in [0.25, 0.3) is 0 Å². The highest BCUT2D eigenvalue weighted by Gasteiger charge is 2.25. The minimum atomic E-state index is -4.28. The van der Waals surface area contributed by atoms with Gasteiger partial charge in [-0.15, -0.1) is 0 Å². The summed E-state index contributed by atoms with van der Waals surface area (Å²) in [4.78, 5) is 22.7. The predicted octanol–water partition coefficient (Wildman–Crippen LogP) is 19.9. The molecule has 0 spiro atoms. The molecule has 0 aliphatic carbocycles. The summed E-state index contributed by atoms with van der Waals surface area (Å²) >= 11 is 0. The molecule has 0 amide bonds. The summed E-state index contributed by atoms with van der Waals surface area (Å²) in [7, 11) is -4.28. The first-order valence-electron chi connectivity index (χ1n) is 31.0. The number of esters is 1. The number of phosphoric ester groups is 1. The Bertz CT molecular complexity index is 1030. The van der Waals surface area contributed by atoms with Crippen molar-refractivity contribution in [3.8, 4) is 0 Å². The maximum Gasteiger partial charge on any atom is 0.472 e. The number of phosphoric acid groups is 1. The average molecular weight is 1000 g/mol. The van der Waals surface area contributed by atoms with Crippen LogP contribution in [0, 0.1) is 0 Å². The lowest BCUT2D eigenvalue weighted by Gasteiger charge is -2.20. The molecule has 0 saturated carbocycles. The van der Waals surface area contributed by atoms with E-state index in [1.807, 2.05) is 0 Å². The highest BCUT2D eigenvalue weighted by molar-refractivity contribution is 7.47. The molecule has 0 radical (unpaired) electrons. The largest absolute Gasteiger partial charge is 0.472 e. The molecule has 1 unspecified atom stereocenters. The lowest BCUT2D eigenvalue weighted by Crippen LogP contribution is -2.28. The van der Waals surface area contributed by atoms with Gasteiger partial charge in [-0.3, -0.25) is 13.8 Å². The Labute approximate surface area is 431 Å². The zero-order valence-corrected chi connectivity index (χ0v) is 47.5. The van der Waals surface area contributed by atoms with Gasteiger partial charge in [-0.25, -0.2) is 4.57 Å². The van der Waals surface area contributed by atoms with Crippen molar-refractivity contribution in [1.82, 2.24) is 0 Å². The molecular weight excluding hydrogens is 878 g/mol. The van der Waals surface area contributed by atoms with E-state index in [1.54, 1.807) is 0 Å². The van der Waals surface area contributed by atoms with Crippen LogP contribution in [0.1, 0.15) is 341 Å². The molecule has 2 atom stereocenters. The quantitative estimate of drug-likeness (QED) is 0.0351. The second-order valence-electron chi connectivity index (χ2n) is 21.3. The van der Waals surface area contributed by atoms with Crippen molar-refractivity contribution in [2.75, 3.05) is 33.0 Å². The molecular formula is C60H122NO7P. The minimum Gasteiger partial charge on any atom is -0.457 e. The maximum atomic E-state index is 12.7. The van der Waals surface area contributed by atoms with Crippen molar-refractivity contribution in [2.24, 2.45) is 5.73 Å². The fourth-order valence-electron chi connectivity index (χ4n) is 9.71. The summed E-state index contributed by atoms with van der Waals surface area (Å²) in [6.45, 7) is 5.02. The van der Waals surface area contributed by atoms with Gasteiger partial charge in [0.05, 0.1) is 19.8 Å². The first-order valence-corrected chi connectivity index (χ1v) is 32.5. The van der Waals surface area contributed by atoms with Crippen molar-refractivity contribution in [2.45, 2.75) is 347 Å². The molecule has 0 aromatic rings. The molecule has 8 nitrogen and oxygen atoms in total. The summed E-state index contributed by atoms with van der Waals surface area (Å²) in [5, 5.41) is 0. The first kappa shape index (κ1) is 68.5. The Morgan fingerprint density at radius 2 is 0.638 bits per heavy atom. The van der Waals surface area contributed by atoms with E-state index in [-0.39, 0.29) is 32.3 Å². The Morgan fingerprint density at radius 3 is 0.913 bits per heavy atom. The van der Waals surface area contributed by atoms with E-state index in [4.69, 9.17) is 24.3 Å². The highest BCUT2D eigenvalue weighted by Crippen LogP contribution is 2.43. The maximum absolute atomic E-state index is 12.7. The van der Waals surface area contributed by atoms with Crippen LogP contribution < -0.4 is 5.73 Å². The standard InChI is InChI=1S/C60H122NO7P/c1-3-5-7-9-11-13-15-17-19-21-22-23-24-25-26-27-28-29-30-31-32-33-34-35-36-37-38-39-41-43-45-47-49-51-53-60(62)68-59(58-67-69(63,64)66-56-54-61)57-65-55-52-50-48-46-44-42-40-20-18-16-14-12-10-8-6-4-2/h59H,3-58,61H2,1-2H3,(H,63,64)/t59-/m1/s1. The van der Waals surface area contributed by atoms with Crippen LogP contribution in [-0.4, -0.2) is 49.9 Å². The van der Waals surface area contributed by atoms with Gasteiger partial charge in [0.25, 0.3) is 0 Å². The van der Waals surface area contributed by atoms with Crippen LogP contribution >= 0.6 is 7.82 Å². The van der Waals surface area contributed by atoms with Gasteiger partial charge < -0.3 is 20.1 Å². The number of hydrogen-bond acceptors (Lipinski definition) is 7. The molecule has 9 heteroatoms. The second kappa shape index (κ2) is 58.4. The Morgan fingerprint density at radius 1 is 0.377 bits per heavy atom. The number of carbonyl (C=O) groups is 1. The molecule has 69 heavy (non-hydrogen) atoms. The van der Waals surface area contributed by atoms with Crippen molar-refractivity contribution >= 4 is 13.8 Å². The Kier molecular flexibility index (Phi) is 58.0. The molecule has 0 fully saturated rings. The van der Waals surface area contributed by atoms with E-state index in [1.165, 1.54) is 289 Å². The van der Waals surface area contributed by atoms with E-state index < -0.39 is 13.9 Å². The lowest BCUT2D eigenvalue weighted by molar-refractivity contribution is -0.154. The van der Waals surface area contributed by atoms with Crippen LogP contribution in [0.15, 0.2) is 0 Å². The Hall–Kier alpha value is -0.500. The third-order valence-corrected chi connectivity index (χ3v) is 15.3. The molecule has 0 rings (SSSR count). The first-order chi connectivity index (χ1) is 33.9. The van der Waals surface area contributed by atoms with Crippen molar-refractivity contribution in [3.05, 3.63) is 0 Å². The molecule has 414 valence electrons. The number of ether oxygens (including phenoxy) is 2. The van der Waals surface area contributed by atoms with Crippen molar-refractivity contribution in [1.29, 1.82) is 0 Å².